The van der Waals surface area contributed by atoms with E-state index in [-0.39, 0.29) is 5.56 Å². The standard InChI is InChI=1S/C21H19N3O4/c1-12-7-9-14(10-8-12)18-11-16(15-5-3-4-6-17(15)23-18)20(26)28-13(2)19(25)24-21(22)27/h3-11,13H,1-2H3,(H3,22,24,25,27)/t13-/m1/s1. The van der Waals surface area contributed by atoms with Crippen LogP contribution in [0, 0.1) is 6.92 Å². The number of pyridine rings is 1. The zero-order chi connectivity index (χ0) is 20.3. The number of aromatic nitrogens is 1. The first-order chi connectivity index (χ1) is 13.3. The van der Waals surface area contributed by atoms with E-state index in [0.717, 1.165) is 11.1 Å². The molecule has 1 aromatic heterocycles. The highest BCUT2D eigenvalue weighted by Gasteiger charge is 2.22. The lowest BCUT2D eigenvalue weighted by atomic mass is 10.0. The number of urea groups is 1. The van der Waals surface area contributed by atoms with E-state index in [1.165, 1.54) is 6.92 Å². The van der Waals surface area contributed by atoms with Gasteiger partial charge in [-0.2, -0.15) is 0 Å². The van der Waals surface area contributed by atoms with Crippen LogP contribution in [0.3, 0.4) is 0 Å². The topological polar surface area (TPSA) is 111 Å². The summed E-state index contributed by atoms with van der Waals surface area (Å²) < 4.78 is 5.23. The number of benzene rings is 2. The van der Waals surface area contributed by atoms with Crippen molar-refractivity contribution in [2.24, 2.45) is 5.73 Å². The number of nitrogens with one attached hydrogen (secondary N) is 1. The SMILES string of the molecule is Cc1ccc(-c2cc(C(=O)O[C@H](C)C(=O)NC(N)=O)c3ccccc3n2)cc1. The van der Waals surface area contributed by atoms with Crippen molar-refractivity contribution in [2.45, 2.75) is 20.0 Å². The second-order valence-electron chi connectivity index (χ2n) is 6.34. The molecule has 1 heterocycles. The fraction of sp³-hybridized carbons (Fsp3) is 0.143. The minimum absolute atomic E-state index is 0.278. The summed E-state index contributed by atoms with van der Waals surface area (Å²) in [6, 6.07) is 15.6. The summed E-state index contributed by atoms with van der Waals surface area (Å²) in [6.07, 6.45) is -1.19. The summed E-state index contributed by atoms with van der Waals surface area (Å²) in [6.45, 7) is 3.35. The van der Waals surface area contributed by atoms with E-state index in [4.69, 9.17) is 10.5 Å². The van der Waals surface area contributed by atoms with Crippen LogP contribution < -0.4 is 11.1 Å². The molecule has 7 nitrogen and oxygen atoms in total. The number of carbonyl (C=O) groups excluding carboxylic acids is 3. The van der Waals surface area contributed by atoms with Gasteiger partial charge in [0.1, 0.15) is 0 Å². The lowest BCUT2D eigenvalue weighted by molar-refractivity contribution is -0.127. The number of nitrogens with two attached hydrogens (primary N) is 1. The average Bonchev–Trinajstić information content (AvgIpc) is 2.67. The molecule has 0 aliphatic carbocycles. The van der Waals surface area contributed by atoms with E-state index >= 15 is 0 Å². The van der Waals surface area contributed by atoms with Crippen LogP contribution in [-0.2, 0) is 9.53 Å². The van der Waals surface area contributed by atoms with E-state index in [9.17, 15) is 14.4 Å². The maximum atomic E-state index is 12.8. The van der Waals surface area contributed by atoms with E-state index in [1.807, 2.05) is 42.6 Å². The molecule has 1 atom stereocenters. The van der Waals surface area contributed by atoms with Crippen molar-refractivity contribution in [1.82, 2.24) is 10.3 Å². The number of imide groups is 1. The van der Waals surface area contributed by atoms with Gasteiger partial charge in [-0.25, -0.2) is 14.6 Å². The second kappa shape index (κ2) is 7.87. The lowest BCUT2D eigenvalue weighted by Crippen LogP contribution is -2.42. The number of nitrogens with zero attached hydrogens (tertiary/aromatic N) is 1. The maximum absolute atomic E-state index is 12.8. The van der Waals surface area contributed by atoms with Gasteiger partial charge in [0.05, 0.1) is 16.8 Å². The fourth-order valence-corrected chi connectivity index (χ4v) is 2.72. The third-order valence-corrected chi connectivity index (χ3v) is 4.18. The zero-order valence-electron chi connectivity index (χ0n) is 15.4. The summed E-state index contributed by atoms with van der Waals surface area (Å²) in [5.74, 6) is -1.49. The molecule has 3 aromatic rings. The Morgan fingerprint density at radius 3 is 2.43 bits per heavy atom. The first-order valence-electron chi connectivity index (χ1n) is 8.63. The molecule has 0 radical (unpaired) electrons. The molecule has 0 unspecified atom stereocenters. The number of fused-ring (bicyclic) bond motifs is 1. The number of amides is 3. The molecule has 7 heteroatoms. The Morgan fingerprint density at radius 2 is 1.75 bits per heavy atom. The van der Waals surface area contributed by atoms with Crippen LogP contribution in [0.4, 0.5) is 4.79 Å². The Balaban J connectivity index is 1.99. The third-order valence-electron chi connectivity index (χ3n) is 4.18. The molecular formula is C21H19N3O4. The summed E-state index contributed by atoms with van der Waals surface area (Å²) in [4.78, 5) is 40.0. The number of esters is 1. The Kier molecular flexibility index (Phi) is 5.35. The maximum Gasteiger partial charge on any atom is 0.339 e. The molecule has 3 N–H and O–H groups in total. The van der Waals surface area contributed by atoms with Crippen LogP contribution in [0.5, 0.6) is 0 Å². The molecule has 2 aromatic carbocycles. The number of carbonyl (C=O) groups is 3. The molecule has 0 aliphatic heterocycles. The lowest BCUT2D eigenvalue weighted by Gasteiger charge is -2.14. The highest BCUT2D eigenvalue weighted by molar-refractivity contribution is 6.05. The highest BCUT2D eigenvalue weighted by atomic mass is 16.5. The number of aryl methyl sites for hydroxylation is 1. The van der Waals surface area contributed by atoms with Crippen molar-refractivity contribution in [2.75, 3.05) is 0 Å². The number of ether oxygens (including phenoxy) is 1. The normalized spacial score (nSPS) is 11.6. The molecular weight excluding hydrogens is 358 g/mol. The van der Waals surface area contributed by atoms with Crippen LogP contribution in [0.15, 0.2) is 54.6 Å². The van der Waals surface area contributed by atoms with E-state index in [2.05, 4.69) is 4.98 Å². The minimum atomic E-state index is -1.19. The minimum Gasteiger partial charge on any atom is -0.449 e. The number of para-hydroxylation sites is 1. The number of hydrogen-bond donors (Lipinski definition) is 2. The van der Waals surface area contributed by atoms with E-state index < -0.39 is 24.0 Å². The largest absolute Gasteiger partial charge is 0.449 e. The quantitative estimate of drug-likeness (QED) is 0.679. The van der Waals surface area contributed by atoms with Gasteiger partial charge in [-0.05, 0) is 26.0 Å². The van der Waals surface area contributed by atoms with Gasteiger partial charge in [0.15, 0.2) is 6.10 Å². The van der Waals surface area contributed by atoms with Crippen molar-refractivity contribution >= 4 is 28.8 Å². The Bertz CT molecular complexity index is 1060. The molecule has 0 spiro atoms. The zero-order valence-corrected chi connectivity index (χ0v) is 15.4. The molecule has 3 amide bonds. The molecule has 28 heavy (non-hydrogen) atoms. The second-order valence-corrected chi connectivity index (χ2v) is 6.34. The van der Waals surface area contributed by atoms with Gasteiger partial charge in [0, 0.05) is 10.9 Å². The van der Waals surface area contributed by atoms with Gasteiger partial charge >= 0.3 is 12.0 Å². The highest BCUT2D eigenvalue weighted by Crippen LogP contribution is 2.26. The number of rotatable bonds is 4. The molecule has 142 valence electrons. The Labute approximate surface area is 161 Å². The fourth-order valence-electron chi connectivity index (χ4n) is 2.72. The van der Waals surface area contributed by atoms with Gasteiger partial charge in [0.2, 0.25) is 0 Å². The summed E-state index contributed by atoms with van der Waals surface area (Å²) in [5.41, 5.74) is 8.40. The van der Waals surface area contributed by atoms with Crippen molar-refractivity contribution in [3.63, 3.8) is 0 Å². The van der Waals surface area contributed by atoms with Crippen LogP contribution in [0.1, 0.15) is 22.8 Å². The first-order valence-corrected chi connectivity index (χ1v) is 8.63. The van der Waals surface area contributed by atoms with Gasteiger partial charge in [-0.3, -0.25) is 10.1 Å². The van der Waals surface area contributed by atoms with Crippen LogP contribution in [0.2, 0.25) is 0 Å². The summed E-state index contributed by atoms with van der Waals surface area (Å²) in [7, 11) is 0. The van der Waals surface area contributed by atoms with Gasteiger partial charge in [0.25, 0.3) is 5.91 Å². The summed E-state index contributed by atoms with van der Waals surface area (Å²) >= 11 is 0. The molecule has 0 bridgehead atoms. The molecule has 0 saturated heterocycles. The predicted octanol–water partition coefficient (Wildman–Crippen LogP) is 2.95. The Morgan fingerprint density at radius 1 is 1.07 bits per heavy atom. The van der Waals surface area contributed by atoms with Crippen molar-refractivity contribution in [3.05, 3.63) is 65.7 Å². The molecule has 0 fully saturated rings. The van der Waals surface area contributed by atoms with Crippen molar-refractivity contribution in [3.8, 4) is 11.3 Å². The molecule has 0 aliphatic rings. The van der Waals surface area contributed by atoms with Crippen molar-refractivity contribution in [1.29, 1.82) is 0 Å². The van der Waals surface area contributed by atoms with Crippen molar-refractivity contribution < 1.29 is 19.1 Å². The third kappa shape index (κ3) is 4.15. The molecule has 3 rings (SSSR count). The van der Waals surface area contributed by atoms with Gasteiger partial charge in [-0.15, -0.1) is 0 Å². The van der Waals surface area contributed by atoms with Crippen LogP contribution in [0.25, 0.3) is 22.2 Å². The van der Waals surface area contributed by atoms with E-state index in [0.29, 0.717) is 16.6 Å². The van der Waals surface area contributed by atoms with Gasteiger partial charge in [-0.1, -0.05) is 48.0 Å². The average molecular weight is 377 g/mol. The predicted molar refractivity (Wildman–Crippen MR) is 105 cm³/mol. The van der Waals surface area contributed by atoms with Crippen LogP contribution in [-0.4, -0.2) is 29.0 Å². The number of primary amides is 1. The van der Waals surface area contributed by atoms with Crippen LogP contribution >= 0.6 is 0 Å². The van der Waals surface area contributed by atoms with Gasteiger partial charge < -0.3 is 10.5 Å². The monoisotopic (exact) mass is 377 g/mol. The smallest absolute Gasteiger partial charge is 0.339 e. The Hall–Kier alpha value is -3.74. The number of hydrogen-bond acceptors (Lipinski definition) is 5. The summed E-state index contributed by atoms with van der Waals surface area (Å²) in [5, 5.41) is 2.49. The van der Waals surface area contributed by atoms with E-state index in [1.54, 1.807) is 24.3 Å². The first kappa shape index (κ1) is 19.0. The molecule has 0 saturated carbocycles.